The zero-order chi connectivity index (χ0) is 13.8. The van der Waals surface area contributed by atoms with E-state index in [-0.39, 0.29) is 0 Å². The molecule has 5 nitrogen and oxygen atoms in total. The number of nitrogens with two attached hydrogens (primary N) is 1. The Balaban J connectivity index is 2.30. The molecule has 1 aromatic heterocycles. The van der Waals surface area contributed by atoms with Crippen LogP contribution >= 0.6 is 15.9 Å². The molecule has 0 aliphatic heterocycles. The molecule has 0 saturated carbocycles. The van der Waals surface area contributed by atoms with Crippen molar-refractivity contribution in [2.24, 2.45) is 0 Å². The second-order valence-corrected chi connectivity index (χ2v) is 5.14. The minimum Gasteiger partial charge on any atom is -0.497 e. The zero-order valence-electron chi connectivity index (χ0n) is 11.1. The van der Waals surface area contributed by atoms with Crippen LogP contribution in [0.4, 0.5) is 5.82 Å². The third-order valence-corrected chi connectivity index (χ3v) is 3.70. The lowest BCUT2D eigenvalue weighted by Crippen LogP contribution is -2.08. The number of rotatable bonds is 5. The minimum atomic E-state index is 0.515. The monoisotopic (exact) mass is 324 g/mol. The van der Waals surface area contributed by atoms with Crippen molar-refractivity contribution < 1.29 is 4.74 Å². The molecule has 19 heavy (non-hydrogen) atoms. The lowest BCUT2D eigenvalue weighted by Gasteiger charge is -2.09. The van der Waals surface area contributed by atoms with Crippen LogP contribution < -0.4 is 10.5 Å². The van der Waals surface area contributed by atoms with Crippen LogP contribution in [-0.4, -0.2) is 22.1 Å². The van der Waals surface area contributed by atoms with Crippen LogP contribution in [0.3, 0.4) is 0 Å². The molecule has 0 aliphatic carbocycles. The first-order valence-corrected chi connectivity index (χ1v) is 6.95. The van der Waals surface area contributed by atoms with Gasteiger partial charge in [-0.1, -0.05) is 34.5 Å². The fraction of sp³-hybridized carbons (Fsp3) is 0.385. The van der Waals surface area contributed by atoms with Gasteiger partial charge in [-0.25, -0.2) is 4.68 Å². The van der Waals surface area contributed by atoms with Crippen LogP contribution in [-0.2, 0) is 13.0 Å². The highest BCUT2D eigenvalue weighted by Gasteiger charge is 2.11. The van der Waals surface area contributed by atoms with Crippen molar-refractivity contribution in [1.82, 2.24) is 15.0 Å². The summed E-state index contributed by atoms with van der Waals surface area (Å²) in [6, 6.07) is 5.86. The van der Waals surface area contributed by atoms with Gasteiger partial charge in [0.2, 0.25) is 0 Å². The maximum Gasteiger partial charge on any atom is 0.169 e. The lowest BCUT2D eigenvalue weighted by atomic mass is 10.2. The molecule has 6 heteroatoms. The van der Waals surface area contributed by atoms with Gasteiger partial charge < -0.3 is 10.5 Å². The molecule has 0 amide bonds. The van der Waals surface area contributed by atoms with Gasteiger partial charge in [0.05, 0.1) is 19.3 Å². The van der Waals surface area contributed by atoms with E-state index in [0.717, 1.165) is 34.3 Å². The van der Waals surface area contributed by atoms with E-state index >= 15 is 0 Å². The molecule has 0 saturated heterocycles. The third-order valence-electron chi connectivity index (χ3n) is 2.93. The van der Waals surface area contributed by atoms with Gasteiger partial charge in [0.1, 0.15) is 5.75 Å². The van der Waals surface area contributed by atoms with E-state index < -0.39 is 0 Å². The fourth-order valence-corrected chi connectivity index (χ4v) is 2.30. The second-order valence-electron chi connectivity index (χ2n) is 4.29. The molecule has 102 valence electrons. The predicted octanol–water partition coefficient (Wildman–Crippen LogP) is 2.63. The molecule has 1 aromatic carbocycles. The molecule has 0 bridgehead atoms. The number of ether oxygens (including phenoxy) is 1. The smallest absolute Gasteiger partial charge is 0.169 e. The number of hydrogen-bond donors (Lipinski definition) is 1. The van der Waals surface area contributed by atoms with Crippen LogP contribution in [0.2, 0.25) is 0 Å². The molecule has 1 heterocycles. The van der Waals surface area contributed by atoms with Crippen LogP contribution in [0.1, 0.15) is 24.6 Å². The molecule has 0 spiro atoms. The second kappa shape index (κ2) is 6.06. The topological polar surface area (TPSA) is 66.0 Å². The summed E-state index contributed by atoms with van der Waals surface area (Å²) in [5.74, 6) is 1.34. The summed E-state index contributed by atoms with van der Waals surface area (Å²) in [6.07, 6.45) is 1.89. The fourth-order valence-electron chi connectivity index (χ4n) is 1.93. The minimum absolute atomic E-state index is 0.515. The van der Waals surface area contributed by atoms with Crippen LogP contribution in [0.25, 0.3) is 0 Å². The van der Waals surface area contributed by atoms with E-state index in [2.05, 4.69) is 33.2 Å². The Morgan fingerprint density at radius 3 is 2.89 bits per heavy atom. The molecule has 0 aliphatic rings. The van der Waals surface area contributed by atoms with E-state index in [1.807, 2.05) is 22.9 Å². The van der Waals surface area contributed by atoms with Gasteiger partial charge in [0.25, 0.3) is 0 Å². The highest BCUT2D eigenvalue weighted by atomic mass is 79.9. The van der Waals surface area contributed by atoms with Gasteiger partial charge in [-0.3, -0.25) is 0 Å². The predicted molar refractivity (Wildman–Crippen MR) is 78.2 cm³/mol. The Labute approximate surface area is 120 Å². The van der Waals surface area contributed by atoms with Gasteiger partial charge in [-0.2, -0.15) is 0 Å². The SMILES string of the molecule is CCCc1c(N)nnn1Cc1cc(OC)ccc1Br. The Morgan fingerprint density at radius 2 is 2.21 bits per heavy atom. The lowest BCUT2D eigenvalue weighted by molar-refractivity contribution is 0.414. The number of methoxy groups -OCH3 is 1. The van der Waals surface area contributed by atoms with Gasteiger partial charge in [-0.05, 0) is 30.2 Å². The molecule has 0 radical (unpaired) electrons. The van der Waals surface area contributed by atoms with Crippen molar-refractivity contribution in [3.8, 4) is 5.75 Å². The summed E-state index contributed by atoms with van der Waals surface area (Å²) in [6.45, 7) is 2.73. The molecule has 2 rings (SSSR count). The van der Waals surface area contributed by atoms with Crippen molar-refractivity contribution in [2.45, 2.75) is 26.3 Å². The van der Waals surface area contributed by atoms with Crippen molar-refractivity contribution in [1.29, 1.82) is 0 Å². The van der Waals surface area contributed by atoms with Crippen molar-refractivity contribution in [3.05, 3.63) is 33.9 Å². The number of anilines is 1. The molecular formula is C13H17BrN4O. The van der Waals surface area contributed by atoms with Crippen LogP contribution in [0, 0.1) is 0 Å². The van der Waals surface area contributed by atoms with Crippen LogP contribution in [0.15, 0.2) is 22.7 Å². The number of aromatic nitrogens is 3. The average Bonchev–Trinajstić information content (AvgIpc) is 2.74. The van der Waals surface area contributed by atoms with Gasteiger partial charge >= 0.3 is 0 Å². The van der Waals surface area contributed by atoms with E-state index in [1.165, 1.54) is 0 Å². The normalized spacial score (nSPS) is 10.7. The summed E-state index contributed by atoms with van der Waals surface area (Å²) in [5, 5.41) is 8.05. The van der Waals surface area contributed by atoms with Crippen molar-refractivity contribution in [3.63, 3.8) is 0 Å². The number of nitrogen functional groups attached to an aromatic ring is 1. The summed E-state index contributed by atoms with van der Waals surface area (Å²) < 4.78 is 8.10. The molecular weight excluding hydrogens is 308 g/mol. The number of nitrogens with zero attached hydrogens (tertiary/aromatic N) is 3. The number of benzene rings is 1. The molecule has 0 atom stereocenters. The number of hydrogen-bond acceptors (Lipinski definition) is 4. The first-order valence-electron chi connectivity index (χ1n) is 6.16. The van der Waals surface area contributed by atoms with Gasteiger partial charge in [0.15, 0.2) is 5.82 Å². The molecule has 2 aromatic rings. The quantitative estimate of drug-likeness (QED) is 0.918. The standard InChI is InChI=1S/C13H17BrN4O/c1-3-4-12-13(15)16-17-18(12)8-9-7-10(19-2)5-6-11(9)14/h5-7H,3-4,8,15H2,1-2H3. The summed E-state index contributed by atoms with van der Waals surface area (Å²) in [4.78, 5) is 0. The summed E-state index contributed by atoms with van der Waals surface area (Å²) in [7, 11) is 1.66. The Hall–Kier alpha value is -1.56. The maximum atomic E-state index is 5.84. The number of halogens is 1. The average molecular weight is 325 g/mol. The zero-order valence-corrected chi connectivity index (χ0v) is 12.6. The third kappa shape index (κ3) is 3.07. The highest BCUT2D eigenvalue weighted by Crippen LogP contribution is 2.24. The van der Waals surface area contributed by atoms with E-state index in [1.54, 1.807) is 7.11 Å². The summed E-state index contributed by atoms with van der Waals surface area (Å²) in [5.41, 5.74) is 7.91. The Bertz CT molecular complexity index is 568. The maximum absolute atomic E-state index is 5.84. The van der Waals surface area contributed by atoms with E-state index in [4.69, 9.17) is 10.5 Å². The molecule has 0 unspecified atom stereocenters. The molecule has 0 fully saturated rings. The Morgan fingerprint density at radius 1 is 1.42 bits per heavy atom. The Kier molecular flexibility index (Phi) is 4.42. The summed E-state index contributed by atoms with van der Waals surface area (Å²) >= 11 is 3.54. The van der Waals surface area contributed by atoms with Crippen LogP contribution in [0.5, 0.6) is 5.75 Å². The van der Waals surface area contributed by atoms with Crippen molar-refractivity contribution >= 4 is 21.7 Å². The van der Waals surface area contributed by atoms with Gasteiger partial charge in [0, 0.05) is 4.47 Å². The van der Waals surface area contributed by atoms with E-state index in [0.29, 0.717) is 12.4 Å². The van der Waals surface area contributed by atoms with Gasteiger partial charge in [-0.15, -0.1) is 5.10 Å². The molecule has 2 N–H and O–H groups in total. The first-order chi connectivity index (χ1) is 9.15. The largest absolute Gasteiger partial charge is 0.497 e. The van der Waals surface area contributed by atoms with Crippen molar-refractivity contribution in [2.75, 3.05) is 12.8 Å². The highest BCUT2D eigenvalue weighted by molar-refractivity contribution is 9.10. The van der Waals surface area contributed by atoms with E-state index in [9.17, 15) is 0 Å². The first kappa shape index (κ1) is 13.9.